The zero-order chi connectivity index (χ0) is 23.5. The number of hydrogen-bond acceptors (Lipinski definition) is 2. The zero-order valence-electron chi connectivity index (χ0n) is 21.1. The van der Waals surface area contributed by atoms with Crippen LogP contribution in [0, 0.1) is 22.7 Å². The van der Waals surface area contributed by atoms with E-state index in [-0.39, 0.29) is 5.41 Å². The summed E-state index contributed by atoms with van der Waals surface area (Å²) in [5, 5.41) is 9.86. The van der Waals surface area contributed by atoms with Crippen LogP contribution in [-0.4, -0.2) is 6.61 Å². The van der Waals surface area contributed by atoms with Gasteiger partial charge in [0.1, 0.15) is 5.75 Å². The normalized spacial score (nSPS) is 21.3. The van der Waals surface area contributed by atoms with E-state index in [0.29, 0.717) is 11.8 Å². The van der Waals surface area contributed by atoms with E-state index in [9.17, 15) is 5.26 Å². The van der Waals surface area contributed by atoms with E-state index in [1.54, 1.807) is 0 Å². The average Bonchev–Trinajstić information content (AvgIpc) is 2.87. The molecule has 2 aromatic rings. The highest BCUT2D eigenvalue weighted by Crippen LogP contribution is 2.46. The van der Waals surface area contributed by atoms with Crippen LogP contribution in [0.2, 0.25) is 0 Å². The van der Waals surface area contributed by atoms with Crippen LogP contribution in [0.1, 0.15) is 103 Å². The molecule has 0 amide bonds. The number of nitriles is 1. The fourth-order valence-electron chi connectivity index (χ4n) is 5.26. The Bertz CT molecular complexity index is 853. The van der Waals surface area contributed by atoms with Crippen LogP contribution in [0.5, 0.6) is 5.75 Å². The van der Waals surface area contributed by atoms with E-state index in [4.69, 9.17) is 4.74 Å². The summed E-state index contributed by atoms with van der Waals surface area (Å²) in [5.74, 6) is 2.19. The van der Waals surface area contributed by atoms with Gasteiger partial charge in [0, 0.05) is 0 Å². The van der Waals surface area contributed by atoms with E-state index < -0.39 is 0 Å². The van der Waals surface area contributed by atoms with Gasteiger partial charge in [-0.15, -0.1) is 0 Å². The highest BCUT2D eigenvalue weighted by Gasteiger charge is 2.36. The predicted octanol–water partition coefficient (Wildman–Crippen LogP) is 9.31. The van der Waals surface area contributed by atoms with Crippen molar-refractivity contribution >= 4 is 0 Å². The zero-order valence-corrected chi connectivity index (χ0v) is 21.1. The summed E-state index contributed by atoms with van der Waals surface area (Å²) in [6.45, 7) is 7.58. The van der Waals surface area contributed by atoms with Gasteiger partial charge < -0.3 is 4.74 Å². The molecule has 1 aliphatic carbocycles. The first-order valence-electron chi connectivity index (χ1n) is 13.3. The lowest BCUT2D eigenvalue weighted by Gasteiger charge is -2.36. The SMILES string of the molecule is CCCCCCCOc1ccc(-c2ccc([C@H]3CC[C@@](C#N)(CC(C)CC)CC3)cc2)cc1. The van der Waals surface area contributed by atoms with Crippen molar-refractivity contribution in [2.45, 2.75) is 97.3 Å². The molecule has 2 nitrogen and oxygen atoms in total. The highest BCUT2D eigenvalue weighted by molar-refractivity contribution is 5.64. The van der Waals surface area contributed by atoms with Crippen LogP contribution in [0.15, 0.2) is 48.5 Å². The second-order valence-electron chi connectivity index (χ2n) is 10.3. The standard InChI is InChI=1S/C31H43NO/c1-4-6-7-8-9-22-33-30-16-14-28(15-17-30)26-10-12-27(13-11-26)29-18-20-31(24-32,21-19-29)23-25(3)5-2/h10-17,25,29H,4-9,18-23H2,1-3H3/t25?,29-,31-. The number of hydrogen-bond donors (Lipinski definition) is 0. The molecule has 0 radical (unpaired) electrons. The van der Waals surface area contributed by atoms with Crippen molar-refractivity contribution < 1.29 is 4.74 Å². The summed E-state index contributed by atoms with van der Waals surface area (Å²) in [6, 6.07) is 20.3. The van der Waals surface area contributed by atoms with Crippen LogP contribution in [0.25, 0.3) is 11.1 Å². The smallest absolute Gasteiger partial charge is 0.119 e. The van der Waals surface area contributed by atoms with Gasteiger partial charge in [0.2, 0.25) is 0 Å². The Labute approximate surface area is 202 Å². The Balaban J connectivity index is 1.51. The minimum Gasteiger partial charge on any atom is -0.494 e. The van der Waals surface area contributed by atoms with Gasteiger partial charge >= 0.3 is 0 Å². The molecule has 178 valence electrons. The highest BCUT2D eigenvalue weighted by atomic mass is 16.5. The van der Waals surface area contributed by atoms with E-state index in [1.165, 1.54) is 48.8 Å². The second kappa shape index (κ2) is 12.8. The lowest BCUT2D eigenvalue weighted by atomic mass is 9.66. The van der Waals surface area contributed by atoms with Gasteiger partial charge in [-0.1, -0.05) is 89.3 Å². The molecule has 1 aliphatic rings. The van der Waals surface area contributed by atoms with Gasteiger partial charge in [0.15, 0.2) is 0 Å². The van der Waals surface area contributed by atoms with Crippen molar-refractivity contribution in [2.75, 3.05) is 6.61 Å². The molecule has 3 rings (SSSR count). The molecule has 33 heavy (non-hydrogen) atoms. The summed E-state index contributed by atoms with van der Waals surface area (Å²) in [7, 11) is 0. The van der Waals surface area contributed by atoms with Crippen LogP contribution in [0.3, 0.4) is 0 Å². The lowest BCUT2D eigenvalue weighted by Crippen LogP contribution is -2.27. The van der Waals surface area contributed by atoms with Gasteiger partial charge in [-0.2, -0.15) is 5.26 Å². The first-order chi connectivity index (χ1) is 16.1. The van der Waals surface area contributed by atoms with Gasteiger partial charge in [0.25, 0.3) is 0 Å². The van der Waals surface area contributed by atoms with Crippen LogP contribution in [-0.2, 0) is 0 Å². The van der Waals surface area contributed by atoms with Crippen molar-refractivity contribution in [3.63, 3.8) is 0 Å². The molecular weight excluding hydrogens is 402 g/mol. The van der Waals surface area contributed by atoms with Crippen molar-refractivity contribution in [3.8, 4) is 22.9 Å². The molecule has 0 aliphatic heterocycles. The van der Waals surface area contributed by atoms with Crippen molar-refractivity contribution in [1.29, 1.82) is 5.26 Å². The minimum atomic E-state index is -0.0921. The van der Waals surface area contributed by atoms with Crippen molar-refractivity contribution in [1.82, 2.24) is 0 Å². The summed E-state index contributed by atoms with van der Waals surface area (Å²) >= 11 is 0. The van der Waals surface area contributed by atoms with Gasteiger partial charge in [-0.3, -0.25) is 0 Å². The Kier molecular flexibility index (Phi) is 9.86. The maximum atomic E-state index is 9.86. The third-order valence-corrected chi connectivity index (χ3v) is 7.70. The molecule has 2 heteroatoms. The molecular formula is C31H43NO. The van der Waals surface area contributed by atoms with E-state index in [0.717, 1.165) is 50.9 Å². The first kappa shape index (κ1) is 25.4. The van der Waals surface area contributed by atoms with Crippen LogP contribution in [0.4, 0.5) is 0 Å². The Hall–Kier alpha value is -2.27. The summed E-state index contributed by atoms with van der Waals surface area (Å²) in [5.41, 5.74) is 3.82. The maximum Gasteiger partial charge on any atom is 0.119 e. The summed E-state index contributed by atoms with van der Waals surface area (Å²) in [4.78, 5) is 0. The molecule has 2 aromatic carbocycles. The maximum absolute atomic E-state index is 9.86. The molecule has 1 saturated carbocycles. The van der Waals surface area contributed by atoms with Gasteiger partial charge in [-0.05, 0) is 79.2 Å². The first-order valence-corrected chi connectivity index (χ1v) is 13.3. The predicted molar refractivity (Wildman–Crippen MR) is 139 cm³/mol. The molecule has 0 heterocycles. The topological polar surface area (TPSA) is 33.0 Å². The van der Waals surface area contributed by atoms with Gasteiger partial charge in [0.05, 0.1) is 18.1 Å². The number of unbranched alkanes of at least 4 members (excludes halogenated alkanes) is 4. The molecule has 0 spiro atoms. The second-order valence-corrected chi connectivity index (χ2v) is 10.3. The monoisotopic (exact) mass is 445 g/mol. The summed E-state index contributed by atoms with van der Waals surface area (Å²) in [6.07, 6.45) is 12.9. The minimum absolute atomic E-state index is 0.0921. The molecule has 0 aromatic heterocycles. The van der Waals surface area contributed by atoms with Crippen LogP contribution >= 0.6 is 0 Å². The summed E-state index contributed by atoms with van der Waals surface area (Å²) < 4.78 is 5.91. The number of benzene rings is 2. The number of nitrogens with zero attached hydrogens (tertiary/aromatic N) is 1. The third-order valence-electron chi connectivity index (χ3n) is 7.70. The van der Waals surface area contributed by atoms with E-state index >= 15 is 0 Å². The fourth-order valence-corrected chi connectivity index (χ4v) is 5.26. The molecule has 1 atom stereocenters. The Morgan fingerprint density at radius 1 is 0.909 bits per heavy atom. The van der Waals surface area contributed by atoms with Crippen molar-refractivity contribution in [3.05, 3.63) is 54.1 Å². The van der Waals surface area contributed by atoms with Crippen molar-refractivity contribution in [2.24, 2.45) is 11.3 Å². The number of ether oxygens (including phenoxy) is 1. The lowest BCUT2D eigenvalue weighted by molar-refractivity contribution is 0.198. The van der Waals surface area contributed by atoms with Crippen LogP contribution < -0.4 is 4.74 Å². The number of rotatable bonds is 12. The average molecular weight is 446 g/mol. The fraction of sp³-hybridized carbons (Fsp3) is 0.581. The molecule has 0 N–H and O–H groups in total. The third kappa shape index (κ3) is 7.36. The Morgan fingerprint density at radius 2 is 1.52 bits per heavy atom. The van der Waals surface area contributed by atoms with E-state index in [1.807, 2.05) is 0 Å². The quantitative estimate of drug-likeness (QED) is 0.305. The molecule has 0 saturated heterocycles. The molecule has 1 unspecified atom stereocenters. The van der Waals surface area contributed by atoms with Gasteiger partial charge in [-0.25, -0.2) is 0 Å². The Morgan fingerprint density at radius 3 is 2.09 bits per heavy atom. The largest absolute Gasteiger partial charge is 0.494 e. The molecule has 0 bridgehead atoms. The molecule has 1 fully saturated rings. The van der Waals surface area contributed by atoms with E-state index in [2.05, 4.69) is 75.4 Å².